The number of carbonyl (C=O) groups is 2. The molecule has 0 bridgehead atoms. The van der Waals surface area contributed by atoms with Gasteiger partial charge >= 0.3 is 11.9 Å². The Morgan fingerprint density at radius 1 is 0.971 bits per heavy atom. The molecule has 1 aliphatic carbocycles. The van der Waals surface area contributed by atoms with Gasteiger partial charge in [0.05, 0.1) is 11.0 Å². The Hall–Kier alpha value is -2.66. The highest BCUT2D eigenvalue weighted by Gasteiger charge is 2.32. The van der Waals surface area contributed by atoms with Gasteiger partial charge in [0.1, 0.15) is 11.5 Å². The minimum absolute atomic E-state index is 0.317. The molecule has 0 fully saturated rings. The number of carbonyl (C=O) groups excluding carboxylic acids is 2. The molecule has 0 aromatic heterocycles. The van der Waals surface area contributed by atoms with E-state index in [0.717, 1.165) is 44.3 Å². The fourth-order valence-electron chi connectivity index (χ4n) is 4.72. The number of benzene rings is 2. The van der Waals surface area contributed by atoms with Gasteiger partial charge < -0.3 is 9.47 Å². The van der Waals surface area contributed by atoms with Crippen molar-refractivity contribution in [2.24, 2.45) is 5.41 Å². The second kappa shape index (κ2) is 11.2. The van der Waals surface area contributed by atoms with E-state index in [4.69, 9.17) is 9.47 Å². The van der Waals surface area contributed by atoms with Crippen LogP contribution in [0, 0.1) is 5.41 Å². The van der Waals surface area contributed by atoms with Crippen LogP contribution in [-0.4, -0.2) is 36.0 Å². The second-order valence-electron chi connectivity index (χ2n) is 10.3. The third-order valence-electron chi connectivity index (χ3n) is 6.53. The van der Waals surface area contributed by atoms with Crippen molar-refractivity contribution in [3.8, 4) is 11.5 Å². The van der Waals surface area contributed by atoms with E-state index < -0.39 is 11.4 Å². The van der Waals surface area contributed by atoms with E-state index in [0.29, 0.717) is 29.0 Å². The SMILES string of the molecule is CCCN(CCC)[C@H]1CCc2c(OC(=O)c3ccc(OC(=O)C(C)(C)C)cc3)cccc2[C@H]1C. The first-order chi connectivity index (χ1) is 16.2. The molecule has 34 heavy (non-hydrogen) atoms. The average molecular weight is 466 g/mol. The number of nitrogens with zero attached hydrogens (tertiary/aromatic N) is 1. The molecule has 0 saturated carbocycles. The average Bonchev–Trinajstić information content (AvgIpc) is 2.79. The Morgan fingerprint density at radius 2 is 1.62 bits per heavy atom. The molecule has 3 rings (SSSR count). The summed E-state index contributed by atoms with van der Waals surface area (Å²) in [5, 5.41) is 0. The van der Waals surface area contributed by atoms with Gasteiger partial charge in [0.25, 0.3) is 0 Å². The zero-order valence-electron chi connectivity index (χ0n) is 21.5. The van der Waals surface area contributed by atoms with E-state index in [-0.39, 0.29) is 5.97 Å². The summed E-state index contributed by atoms with van der Waals surface area (Å²) in [6, 6.07) is 13.1. The van der Waals surface area contributed by atoms with E-state index in [9.17, 15) is 9.59 Å². The fraction of sp³-hybridized carbons (Fsp3) is 0.517. The molecule has 0 aliphatic heterocycles. The summed E-state index contributed by atoms with van der Waals surface area (Å²) in [5.41, 5.74) is 2.25. The van der Waals surface area contributed by atoms with Crippen molar-refractivity contribution in [2.75, 3.05) is 13.1 Å². The van der Waals surface area contributed by atoms with E-state index >= 15 is 0 Å². The molecule has 0 spiro atoms. The molecule has 0 amide bonds. The van der Waals surface area contributed by atoms with E-state index in [1.54, 1.807) is 45.0 Å². The largest absolute Gasteiger partial charge is 0.426 e. The molecule has 184 valence electrons. The Bertz CT molecular complexity index is 984. The lowest BCUT2D eigenvalue weighted by molar-refractivity contribution is -0.143. The highest BCUT2D eigenvalue weighted by molar-refractivity contribution is 5.91. The standard InChI is InChI=1S/C29H39NO4/c1-7-18-30(19-8-2)25-17-16-24-23(20(25)3)10-9-11-26(24)34-27(31)21-12-14-22(15-13-21)33-28(32)29(4,5)6/h9-15,20,25H,7-8,16-19H2,1-6H3/t20-,25+/m1/s1. The van der Waals surface area contributed by atoms with Crippen molar-refractivity contribution in [1.29, 1.82) is 0 Å². The van der Waals surface area contributed by atoms with Gasteiger partial charge in [-0.05, 0) is 107 Å². The van der Waals surface area contributed by atoms with Crippen LogP contribution in [0.4, 0.5) is 0 Å². The Kier molecular flexibility index (Phi) is 8.53. The summed E-state index contributed by atoms with van der Waals surface area (Å²) in [6.45, 7) is 14.4. The first-order valence-corrected chi connectivity index (χ1v) is 12.6. The molecular weight excluding hydrogens is 426 g/mol. The summed E-state index contributed by atoms with van der Waals surface area (Å²) < 4.78 is 11.2. The molecule has 2 atom stereocenters. The first kappa shape index (κ1) is 26.0. The van der Waals surface area contributed by atoms with Crippen molar-refractivity contribution in [2.45, 2.75) is 79.2 Å². The molecule has 2 aromatic carbocycles. The number of ether oxygens (including phenoxy) is 2. The smallest absolute Gasteiger partial charge is 0.343 e. The van der Waals surface area contributed by atoms with Crippen molar-refractivity contribution < 1.29 is 19.1 Å². The highest BCUT2D eigenvalue weighted by atomic mass is 16.5. The van der Waals surface area contributed by atoms with Crippen LogP contribution in [0.1, 0.15) is 88.2 Å². The predicted octanol–water partition coefficient (Wildman–Crippen LogP) is 6.40. The summed E-state index contributed by atoms with van der Waals surface area (Å²) in [5.74, 6) is 0.723. The van der Waals surface area contributed by atoms with Crippen molar-refractivity contribution in [3.63, 3.8) is 0 Å². The van der Waals surface area contributed by atoms with Gasteiger partial charge in [-0.2, -0.15) is 0 Å². The molecule has 2 aromatic rings. The van der Waals surface area contributed by atoms with E-state index in [2.05, 4.69) is 31.7 Å². The van der Waals surface area contributed by atoms with Gasteiger partial charge in [0.2, 0.25) is 0 Å². The maximum atomic E-state index is 12.9. The summed E-state index contributed by atoms with van der Waals surface area (Å²) in [6.07, 6.45) is 4.28. The normalized spacial score (nSPS) is 17.9. The van der Waals surface area contributed by atoms with Gasteiger partial charge in [-0.15, -0.1) is 0 Å². The molecule has 1 aliphatic rings. The van der Waals surface area contributed by atoms with Gasteiger partial charge in [-0.3, -0.25) is 9.69 Å². The summed E-state index contributed by atoms with van der Waals surface area (Å²) >= 11 is 0. The monoisotopic (exact) mass is 465 g/mol. The van der Waals surface area contributed by atoms with Crippen LogP contribution in [0.3, 0.4) is 0 Å². The zero-order chi connectivity index (χ0) is 24.9. The maximum Gasteiger partial charge on any atom is 0.343 e. The van der Waals surface area contributed by atoms with E-state index in [1.165, 1.54) is 5.56 Å². The van der Waals surface area contributed by atoms with Gasteiger partial charge in [0.15, 0.2) is 0 Å². The van der Waals surface area contributed by atoms with Crippen LogP contribution in [0.15, 0.2) is 42.5 Å². The Labute approximate surface area is 204 Å². The quantitative estimate of drug-likeness (QED) is 0.334. The van der Waals surface area contributed by atoms with Crippen LogP contribution >= 0.6 is 0 Å². The fourth-order valence-corrected chi connectivity index (χ4v) is 4.72. The van der Waals surface area contributed by atoms with Crippen LogP contribution in [0.25, 0.3) is 0 Å². The van der Waals surface area contributed by atoms with Gasteiger partial charge in [0, 0.05) is 6.04 Å². The van der Waals surface area contributed by atoms with Crippen LogP contribution < -0.4 is 9.47 Å². The lowest BCUT2D eigenvalue weighted by atomic mass is 9.79. The van der Waals surface area contributed by atoms with Gasteiger partial charge in [-0.1, -0.05) is 32.9 Å². The lowest BCUT2D eigenvalue weighted by Crippen LogP contribution is -2.42. The van der Waals surface area contributed by atoms with Crippen LogP contribution in [0.2, 0.25) is 0 Å². The molecule has 5 nitrogen and oxygen atoms in total. The highest BCUT2D eigenvalue weighted by Crippen LogP contribution is 2.39. The molecule has 0 radical (unpaired) electrons. The Morgan fingerprint density at radius 3 is 2.21 bits per heavy atom. The number of hydrogen-bond donors (Lipinski definition) is 0. The molecule has 0 heterocycles. The summed E-state index contributed by atoms with van der Waals surface area (Å²) in [4.78, 5) is 27.6. The predicted molar refractivity (Wildman–Crippen MR) is 136 cm³/mol. The topological polar surface area (TPSA) is 55.8 Å². The van der Waals surface area contributed by atoms with E-state index in [1.807, 2.05) is 12.1 Å². The molecular formula is C29H39NO4. The van der Waals surface area contributed by atoms with Crippen LogP contribution in [0.5, 0.6) is 11.5 Å². The zero-order valence-corrected chi connectivity index (χ0v) is 21.5. The minimum Gasteiger partial charge on any atom is -0.426 e. The maximum absolute atomic E-state index is 12.9. The number of hydrogen-bond acceptors (Lipinski definition) is 5. The Balaban J connectivity index is 1.73. The first-order valence-electron chi connectivity index (χ1n) is 12.6. The third kappa shape index (κ3) is 6.06. The number of fused-ring (bicyclic) bond motifs is 1. The van der Waals surface area contributed by atoms with Gasteiger partial charge in [-0.25, -0.2) is 4.79 Å². The molecule has 0 saturated heterocycles. The van der Waals surface area contributed by atoms with Crippen LogP contribution in [-0.2, 0) is 11.2 Å². The third-order valence-corrected chi connectivity index (χ3v) is 6.53. The molecule has 5 heteroatoms. The summed E-state index contributed by atoms with van der Waals surface area (Å²) in [7, 11) is 0. The second-order valence-corrected chi connectivity index (χ2v) is 10.3. The molecule has 0 N–H and O–H groups in total. The lowest BCUT2D eigenvalue weighted by Gasteiger charge is -2.40. The minimum atomic E-state index is -0.593. The van der Waals surface area contributed by atoms with Crippen molar-refractivity contribution >= 4 is 11.9 Å². The molecule has 0 unspecified atom stereocenters. The van der Waals surface area contributed by atoms with Crippen molar-refractivity contribution in [1.82, 2.24) is 4.90 Å². The number of esters is 2. The number of rotatable bonds is 8. The van der Waals surface area contributed by atoms with Crippen molar-refractivity contribution in [3.05, 3.63) is 59.2 Å².